The fraction of sp³-hybridized carbons (Fsp3) is 0.278. The number of methoxy groups -OCH3 is 1. The first-order valence-electron chi connectivity index (χ1n) is 7.85. The Morgan fingerprint density at radius 1 is 1.12 bits per heavy atom. The van der Waals surface area contributed by atoms with Crippen molar-refractivity contribution in [3.63, 3.8) is 0 Å². The molecule has 0 aliphatic rings. The molecule has 0 atom stereocenters. The summed E-state index contributed by atoms with van der Waals surface area (Å²) < 4.78 is 33.3. The standard InChI is InChI=1S/C18H22N2O4S/c1-5-19-18(21)15-11-14(9-10-16(15)24-4)25(22,23)20-17-12(2)7-6-8-13(17)3/h6-11,20H,5H2,1-4H3,(H,19,21). The number of hydrogen-bond acceptors (Lipinski definition) is 4. The number of rotatable bonds is 6. The molecule has 0 aliphatic heterocycles. The van der Waals surface area contributed by atoms with Crippen molar-refractivity contribution in [3.05, 3.63) is 53.1 Å². The number of hydrogen-bond donors (Lipinski definition) is 2. The molecule has 2 aromatic rings. The van der Waals surface area contributed by atoms with E-state index in [-0.39, 0.29) is 16.4 Å². The molecule has 2 rings (SSSR count). The van der Waals surface area contributed by atoms with E-state index >= 15 is 0 Å². The van der Waals surface area contributed by atoms with E-state index in [1.54, 1.807) is 6.92 Å². The van der Waals surface area contributed by atoms with E-state index < -0.39 is 10.0 Å². The lowest BCUT2D eigenvalue weighted by atomic mass is 10.1. The van der Waals surface area contributed by atoms with Gasteiger partial charge in [-0.05, 0) is 50.1 Å². The molecule has 1 amide bonds. The van der Waals surface area contributed by atoms with Gasteiger partial charge in [-0.3, -0.25) is 9.52 Å². The predicted molar refractivity (Wildman–Crippen MR) is 97.7 cm³/mol. The highest BCUT2D eigenvalue weighted by Gasteiger charge is 2.21. The van der Waals surface area contributed by atoms with E-state index in [1.807, 2.05) is 32.0 Å². The highest BCUT2D eigenvalue weighted by molar-refractivity contribution is 7.92. The second-order valence-electron chi connectivity index (χ2n) is 5.59. The van der Waals surface area contributed by atoms with Crippen molar-refractivity contribution in [1.29, 1.82) is 0 Å². The van der Waals surface area contributed by atoms with E-state index in [0.29, 0.717) is 18.0 Å². The molecule has 0 bridgehead atoms. The number of para-hydroxylation sites is 1. The largest absolute Gasteiger partial charge is 0.496 e. The number of amides is 1. The molecule has 0 spiro atoms. The van der Waals surface area contributed by atoms with E-state index in [0.717, 1.165) is 11.1 Å². The molecule has 0 fully saturated rings. The zero-order chi connectivity index (χ0) is 18.6. The minimum Gasteiger partial charge on any atom is -0.496 e. The third-order valence-corrected chi connectivity index (χ3v) is 5.13. The van der Waals surface area contributed by atoms with E-state index in [1.165, 1.54) is 25.3 Å². The molecule has 6 nitrogen and oxygen atoms in total. The number of nitrogens with one attached hydrogen (secondary N) is 2. The zero-order valence-electron chi connectivity index (χ0n) is 14.7. The van der Waals surface area contributed by atoms with Crippen LogP contribution in [0.4, 0.5) is 5.69 Å². The Hall–Kier alpha value is -2.54. The molecule has 0 aromatic heterocycles. The molecule has 0 saturated heterocycles. The summed E-state index contributed by atoms with van der Waals surface area (Å²) >= 11 is 0. The third-order valence-electron chi connectivity index (χ3n) is 3.78. The summed E-state index contributed by atoms with van der Waals surface area (Å²) in [6.07, 6.45) is 0. The van der Waals surface area contributed by atoms with Gasteiger partial charge in [-0.15, -0.1) is 0 Å². The van der Waals surface area contributed by atoms with Crippen LogP contribution in [-0.2, 0) is 10.0 Å². The highest BCUT2D eigenvalue weighted by Crippen LogP contribution is 2.26. The van der Waals surface area contributed by atoms with Crippen LogP contribution in [0.3, 0.4) is 0 Å². The van der Waals surface area contributed by atoms with Gasteiger partial charge in [-0.2, -0.15) is 0 Å². The topological polar surface area (TPSA) is 84.5 Å². The Bertz CT molecular complexity index is 872. The fourth-order valence-corrected chi connectivity index (χ4v) is 3.68. The first-order valence-corrected chi connectivity index (χ1v) is 9.33. The third kappa shape index (κ3) is 4.11. The molecule has 0 heterocycles. The molecule has 0 saturated carbocycles. The van der Waals surface area contributed by atoms with Crippen LogP contribution >= 0.6 is 0 Å². The lowest BCUT2D eigenvalue weighted by Crippen LogP contribution is -2.24. The van der Waals surface area contributed by atoms with E-state index in [9.17, 15) is 13.2 Å². The number of aryl methyl sites for hydroxylation is 2. The van der Waals surface area contributed by atoms with Crippen LogP contribution in [0.2, 0.25) is 0 Å². The summed E-state index contributed by atoms with van der Waals surface area (Å²) in [6.45, 7) is 5.88. The minimum absolute atomic E-state index is 0.00259. The van der Waals surface area contributed by atoms with E-state index in [4.69, 9.17) is 4.74 Å². The van der Waals surface area contributed by atoms with Crippen LogP contribution in [0.5, 0.6) is 5.75 Å². The Morgan fingerprint density at radius 3 is 2.32 bits per heavy atom. The fourth-order valence-electron chi connectivity index (χ4n) is 2.46. The molecule has 0 radical (unpaired) electrons. The second kappa shape index (κ2) is 7.57. The quantitative estimate of drug-likeness (QED) is 0.827. The van der Waals surface area contributed by atoms with Crippen LogP contribution < -0.4 is 14.8 Å². The van der Waals surface area contributed by atoms with Crippen molar-refractivity contribution >= 4 is 21.6 Å². The lowest BCUT2D eigenvalue weighted by Gasteiger charge is -2.15. The number of carbonyl (C=O) groups is 1. The predicted octanol–water partition coefficient (Wildman–Crippen LogP) is 2.86. The number of ether oxygens (including phenoxy) is 1. The summed E-state index contributed by atoms with van der Waals surface area (Å²) in [5.74, 6) is -0.0690. The number of benzene rings is 2. The average Bonchev–Trinajstić information content (AvgIpc) is 2.58. The maximum absolute atomic E-state index is 12.8. The van der Waals surface area contributed by atoms with Gasteiger partial charge < -0.3 is 10.1 Å². The second-order valence-corrected chi connectivity index (χ2v) is 7.28. The van der Waals surface area contributed by atoms with Gasteiger partial charge in [0.2, 0.25) is 0 Å². The average molecular weight is 362 g/mol. The monoisotopic (exact) mass is 362 g/mol. The Labute approximate surface area is 148 Å². The number of carbonyl (C=O) groups excluding carboxylic acids is 1. The van der Waals surface area contributed by atoms with Crippen molar-refractivity contribution < 1.29 is 17.9 Å². The number of anilines is 1. The summed E-state index contributed by atoms with van der Waals surface area (Å²) in [7, 11) is -2.41. The molecule has 0 aliphatic carbocycles. The summed E-state index contributed by atoms with van der Waals surface area (Å²) in [5.41, 5.74) is 2.36. The van der Waals surface area contributed by atoms with Gasteiger partial charge in [0.05, 0.1) is 23.3 Å². The van der Waals surface area contributed by atoms with Gasteiger partial charge in [0.25, 0.3) is 15.9 Å². The summed E-state index contributed by atoms with van der Waals surface area (Å²) in [5, 5.41) is 2.65. The molecule has 7 heteroatoms. The van der Waals surface area contributed by atoms with Crippen molar-refractivity contribution in [2.24, 2.45) is 0 Å². The first kappa shape index (κ1) is 18.8. The maximum atomic E-state index is 12.8. The van der Waals surface area contributed by atoms with Gasteiger partial charge in [-0.1, -0.05) is 18.2 Å². The summed E-state index contributed by atoms with van der Waals surface area (Å²) in [4.78, 5) is 12.2. The normalized spacial score (nSPS) is 11.0. The first-order chi connectivity index (χ1) is 11.8. The molecular weight excluding hydrogens is 340 g/mol. The lowest BCUT2D eigenvalue weighted by molar-refractivity contribution is 0.0952. The van der Waals surface area contributed by atoms with Crippen molar-refractivity contribution in [2.75, 3.05) is 18.4 Å². The van der Waals surface area contributed by atoms with Crippen molar-refractivity contribution in [2.45, 2.75) is 25.7 Å². The molecule has 2 N–H and O–H groups in total. The molecule has 2 aromatic carbocycles. The number of sulfonamides is 1. The Balaban J connectivity index is 2.46. The van der Waals surface area contributed by atoms with Gasteiger partial charge >= 0.3 is 0 Å². The maximum Gasteiger partial charge on any atom is 0.261 e. The van der Waals surface area contributed by atoms with Crippen LogP contribution in [0.15, 0.2) is 41.3 Å². The molecule has 134 valence electrons. The Kier molecular flexibility index (Phi) is 5.69. The zero-order valence-corrected chi connectivity index (χ0v) is 15.5. The van der Waals surface area contributed by atoms with Gasteiger partial charge in [0.15, 0.2) is 0 Å². The minimum atomic E-state index is -3.84. The van der Waals surface area contributed by atoms with Gasteiger partial charge in [0.1, 0.15) is 5.75 Å². The Morgan fingerprint density at radius 2 is 1.76 bits per heavy atom. The van der Waals surface area contributed by atoms with Gasteiger partial charge in [0, 0.05) is 6.54 Å². The van der Waals surface area contributed by atoms with Crippen LogP contribution in [0.25, 0.3) is 0 Å². The smallest absolute Gasteiger partial charge is 0.261 e. The summed E-state index contributed by atoms with van der Waals surface area (Å²) in [6, 6.07) is 9.74. The van der Waals surface area contributed by atoms with Crippen molar-refractivity contribution in [3.8, 4) is 5.75 Å². The molecule has 25 heavy (non-hydrogen) atoms. The SMILES string of the molecule is CCNC(=O)c1cc(S(=O)(=O)Nc2c(C)cccc2C)ccc1OC. The van der Waals surface area contributed by atoms with E-state index in [2.05, 4.69) is 10.0 Å². The van der Waals surface area contributed by atoms with Gasteiger partial charge in [-0.25, -0.2) is 8.42 Å². The highest BCUT2D eigenvalue weighted by atomic mass is 32.2. The van der Waals surface area contributed by atoms with Crippen LogP contribution in [-0.4, -0.2) is 28.0 Å². The van der Waals surface area contributed by atoms with Crippen LogP contribution in [0, 0.1) is 13.8 Å². The molecular formula is C18H22N2O4S. The van der Waals surface area contributed by atoms with Crippen molar-refractivity contribution in [1.82, 2.24) is 5.32 Å². The molecule has 0 unspecified atom stereocenters. The van der Waals surface area contributed by atoms with Crippen LogP contribution in [0.1, 0.15) is 28.4 Å².